The standard InChI is InChI=1S/C11H14ClN3O/c12-10-3-11(14-7-13-10)15-2-1-8-5-16-6-9(8)4-15/h3,7-9H,1-2,4-6H2/t8-,9-/m0/s1. The van der Waals surface area contributed by atoms with Crippen molar-refractivity contribution in [3.8, 4) is 0 Å². The van der Waals surface area contributed by atoms with Crippen LogP contribution in [-0.4, -0.2) is 36.3 Å². The summed E-state index contributed by atoms with van der Waals surface area (Å²) in [5.74, 6) is 2.33. The molecule has 1 aromatic heterocycles. The van der Waals surface area contributed by atoms with Crippen molar-refractivity contribution in [3.05, 3.63) is 17.5 Å². The van der Waals surface area contributed by atoms with E-state index < -0.39 is 0 Å². The van der Waals surface area contributed by atoms with Crippen LogP contribution in [0, 0.1) is 11.8 Å². The van der Waals surface area contributed by atoms with Gasteiger partial charge in [0.05, 0.1) is 6.61 Å². The van der Waals surface area contributed by atoms with E-state index in [-0.39, 0.29) is 0 Å². The van der Waals surface area contributed by atoms with E-state index in [1.165, 1.54) is 12.7 Å². The molecule has 16 heavy (non-hydrogen) atoms. The summed E-state index contributed by atoms with van der Waals surface area (Å²) in [7, 11) is 0. The van der Waals surface area contributed by atoms with E-state index in [4.69, 9.17) is 16.3 Å². The van der Waals surface area contributed by atoms with Crippen molar-refractivity contribution >= 4 is 17.4 Å². The number of hydrogen-bond donors (Lipinski definition) is 0. The van der Waals surface area contributed by atoms with Crippen LogP contribution in [0.25, 0.3) is 0 Å². The van der Waals surface area contributed by atoms with Gasteiger partial charge in [-0.25, -0.2) is 9.97 Å². The minimum Gasteiger partial charge on any atom is -0.381 e. The zero-order valence-corrected chi connectivity index (χ0v) is 9.73. The van der Waals surface area contributed by atoms with E-state index in [1.807, 2.05) is 6.07 Å². The molecule has 0 unspecified atom stereocenters. The molecule has 0 N–H and O–H groups in total. The zero-order chi connectivity index (χ0) is 11.0. The summed E-state index contributed by atoms with van der Waals surface area (Å²) in [5.41, 5.74) is 0. The highest BCUT2D eigenvalue weighted by Crippen LogP contribution is 2.31. The molecule has 2 fully saturated rings. The molecule has 2 atom stereocenters. The summed E-state index contributed by atoms with van der Waals surface area (Å²) < 4.78 is 5.51. The Kier molecular flexibility index (Phi) is 2.69. The van der Waals surface area contributed by atoms with E-state index in [1.54, 1.807) is 0 Å². The summed E-state index contributed by atoms with van der Waals surface area (Å²) in [6.45, 7) is 3.89. The Bertz CT molecular complexity index is 387. The first-order valence-corrected chi connectivity index (χ1v) is 6.01. The Balaban J connectivity index is 1.76. The second-order valence-electron chi connectivity index (χ2n) is 4.49. The zero-order valence-electron chi connectivity index (χ0n) is 8.97. The number of ether oxygens (including phenoxy) is 1. The van der Waals surface area contributed by atoms with Crippen molar-refractivity contribution in [1.29, 1.82) is 0 Å². The number of piperidine rings is 1. The molecule has 2 saturated heterocycles. The molecule has 0 radical (unpaired) electrons. The fraction of sp³-hybridized carbons (Fsp3) is 0.636. The third kappa shape index (κ3) is 1.87. The number of nitrogens with zero attached hydrogens (tertiary/aromatic N) is 3. The lowest BCUT2D eigenvalue weighted by molar-refractivity contribution is 0.182. The van der Waals surface area contributed by atoms with Crippen LogP contribution in [0.15, 0.2) is 12.4 Å². The predicted molar refractivity (Wildman–Crippen MR) is 61.7 cm³/mol. The SMILES string of the molecule is Clc1cc(N2CC[C@H]3COC[C@@H]3C2)ncn1. The Morgan fingerprint density at radius 3 is 3.06 bits per heavy atom. The maximum atomic E-state index is 5.87. The summed E-state index contributed by atoms with van der Waals surface area (Å²) in [5, 5.41) is 0.509. The fourth-order valence-corrected chi connectivity index (χ4v) is 2.71. The Morgan fingerprint density at radius 2 is 2.19 bits per heavy atom. The van der Waals surface area contributed by atoms with Gasteiger partial charge in [0.1, 0.15) is 17.3 Å². The van der Waals surface area contributed by atoms with Gasteiger partial charge >= 0.3 is 0 Å². The highest BCUT2D eigenvalue weighted by Gasteiger charge is 2.34. The van der Waals surface area contributed by atoms with E-state index in [0.717, 1.165) is 38.0 Å². The van der Waals surface area contributed by atoms with Gasteiger partial charge in [0.25, 0.3) is 0 Å². The molecule has 3 heterocycles. The molecule has 0 aliphatic carbocycles. The fourth-order valence-electron chi connectivity index (χ4n) is 2.57. The van der Waals surface area contributed by atoms with E-state index in [0.29, 0.717) is 11.1 Å². The Labute approximate surface area is 99.6 Å². The highest BCUT2D eigenvalue weighted by atomic mass is 35.5. The van der Waals surface area contributed by atoms with Crippen molar-refractivity contribution in [2.45, 2.75) is 6.42 Å². The third-order valence-corrected chi connectivity index (χ3v) is 3.71. The van der Waals surface area contributed by atoms with Crippen LogP contribution in [0.3, 0.4) is 0 Å². The van der Waals surface area contributed by atoms with Crippen LogP contribution >= 0.6 is 11.6 Å². The number of halogens is 1. The second-order valence-corrected chi connectivity index (χ2v) is 4.88. The Hall–Kier alpha value is -0.870. The van der Waals surface area contributed by atoms with Gasteiger partial charge in [-0.1, -0.05) is 11.6 Å². The molecule has 4 nitrogen and oxygen atoms in total. The summed E-state index contributed by atoms with van der Waals surface area (Å²) in [4.78, 5) is 10.5. The summed E-state index contributed by atoms with van der Waals surface area (Å²) in [6.07, 6.45) is 2.71. The smallest absolute Gasteiger partial charge is 0.134 e. The average Bonchev–Trinajstić information content (AvgIpc) is 2.75. The van der Waals surface area contributed by atoms with Gasteiger partial charge in [-0.3, -0.25) is 0 Å². The molecule has 0 amide bonds. The maximum Gasteiger partial charge on any atom is 0.134 e. The number of anilines is 1. The molecule has 0 spiro atoms. The largest absolute Gasteiger partial charge is 0.381 e. The van der Waals surface area contributed by atoms with Crippen molar-refractivity contribution in [2.24, 2.45) is 11.8 Å². The lowest BCUT2D eigenvalue weighted by Gasteiger charge is -2.34. The minimum atomic E-state index is 0.509. The number of hydrogen-bond acceptors (Lipinski definition) is 4. The van der Waals surface area contributed by atoms with Gasteiger partial charge in [-0.05, 0) is 12.3 Å². The van der Waals surface area contributed by atoms with Crippen molar-refractivity contribution < 1.29 is 4.74 Å². The third-order valence-electron chi connectivity index (χ3n) is 3.50. The maximum absolute atomic E-state index is 5.87. The average molecular weight is 240 g/mol. The van der Waals surface area contributed by atoms with Crippen molar-refractivity contribution in [1.82, 2.24) is 9.97 Å². The Morgan fingerprint density at radius 1 is 1.31 bits per heavy atom. The number of fused-ring (bicyclic) bond motifs is 1. The molecule has 86 valence electrons. The van der Waals surface area contributed by atoms with Crippen LogP contribution in [-0.2, 0) is 4.74 Å². The number of rotatable bonds is 1. The van der Waals surface area contributed by atoms with Gasteiger partial charge < -0.3 is 9.64 Å². The molecule has 0 bridgehead atoms. The molecular formula is C11H14ClN3O. The molecule has 0 saturated carbocycles. The molecule has 0 aromatic carbocycles. The molecule has 2 aliphatic rings. The van der Waals surface area contributed by atoms with Crippen molar-refractivity contribution in [2.75, 3.05) is 31.2 Å². The topological polar surface area (TPSA) is 38.2 Å². The van der Waals surface area contributed by atoms with E-state index in [2.05, 4.69) is 14.9 Å². The van der Waals surface area contributed by atoms with Gasteiger partial charge in [0.2, 0.25) is 0 Å². The lowest BCUT2D eigenvalue weighted by atomic mass is 9.89. The molecule has 1 aromatic rings. The summed E-state index contributed by atoms with van der Waals surface area (Å²) in [6, 6.07) is 1.83. The van der Waals surface area contributed by atoms with Gasteiger partial charge in [-0.15, -0.1) is 0 Å². The van der Waals surface area contributed by atoms with Crippen LogP contribution in [0.1, 0.15) is 6.42 Å². The number of aromatic nitrogens is 2. The quantitative estimate of drug-likeness (QED) is 0.698. The molecule has 5 heteroatoms. The van der Waals surface area contributed by atoms with Gasteiger partial charge in [0, 0.05) is 31.7 Å². The minimum absolute atomic E-state index is 0.509. The van der Waals surface area contributed by atoms with Crippen molar-refractivity contribution in [3.63, 3.8) is 0 Å². The normalized spacial score (nSPS) is 29.2. The first-order chi connectivity index (χ1) is 7.83. The summed E-state index contributed by atoms with van der Waals surface area (Å²) >= 11 is 5.87. The van der Waals surface area contributed by atoms with E-state index >= 15 is 0 Å². The first-order valence-electron chi connectivity index (χ1n) is 5.63. The van der Waals surface area contributed by atoms with Crippen LogP contribution in [0.5, 0.6) is 0 Å². The molecule has 2 aliphatic heterocycles. The van der Waals surface area contributed by atoms with E-state index in [9.17, 15) is 0 Å². The molecular weight excluding hydrogens is 226 g/mol. The monoisotopic (exact) mass is 239 g/mol. The second kappa shape index (κ2) is 4.18. The highest BCUT2D eigenvalue weighted by molar-refractivity contribution is 6.29. The van der Waals surface area contributed by atoms with Crippen LogP contribution in [0.4, 0.5) is 5.82 Å². The lowest BCUT2D eigenvalue weighted by Crippen LogP contribution is -2.40. The van der Waals surface area contributed by atoms with Gasteiger partial charge in [0.15, 0.2) is 0 Å². The first kappa shape index (κ1) is 10.3. The van der Waals surface area contributed by atoms with Crippen LogP contribution in [0.2, 0.25) is 5.15 Å². The van der Waals surface area contributed by atoms with Gasteiger partial charge in [-0.2, -0.15) is 0 Å². The van der Waals surface area contributed by atoms with Crippen LogP contribution < -0.4 is 4.90 Å². The predicted octanol–water partition coefficient (Wildman–Crippen LogP) is 1.60. The molecule has 3 rings (SSSR count).